The molecule has 2 rings (SSSR count). The highest BCUT2D eigenvalue weighted by molar-refractivity contribution is 7.89. The largest absolute Gasteiger partial charge is 0.386 e. The number of sulfonamides is 1. The summed E-state index contributed by atoms with van der Waals surface area (Å²) < 4.78 is 22.5. The molecule has 2 aromatic carbocycles. The summed E-state index contributed by atoms with van der Waals surface area (Å²) in [6.07, 6.45) is 4.57. The van der Waals surface area contributed by atoms with Crippen LogP contribution in [0.5, 0.6) is 0 Å². The van der Waals surface area contributed by atoms with Crippen molar-refractivity contribution >= 4 is 21.6 Å². The predicted molar refractivity (Wildman–Crippen MR) is 112 cm³/mol. The van der Waals surface area contributed by atoms with Crippen molar-refractivity contribution in [1.29, 1.82) is 5.26 Å². The second-order valence-corrected chi connectivity index (χ2v) is 8.06. The predicted octanol–water partition coefficient (Wildman–Crippen LogP) is 2.81. The summed E-state index contributed by atoms with van der Waals surface area (Å²) in [5, 5.41) is 19.9. The second-order valence-electron chi connectivity index (χ2n) is 6.49. The number of unbranched alkanes of at least 4 members (excludes halogenated alkanes) is 1. The van der Waals surface area contributed by atoms with Gasteiger partial charge in [-0.05, 0) is 48.2 Å². The van der Waals surface area contributed by atoms with Crippen molar-refractivity contribution in [1.82, 2.24) is 5.32 Å². The van der Waals surface area contributed by atoms with Crippen LogP contribution < -0.4 is 15.8 Å². The zero-order valence-corrected chi connectivity index (χ0v) is 17.0. The van der Waals surface area contributed by atoms with Gasteiger partial charge in [0.2, 0.25) is 10.0 Å². The van der Waals surface area contributed by atoms with Gasteiger partial charge in [0.25, 0.3) is 5.91 Å². The first-order chi connectivity index (χ1) is 13.8. The van der Waals surface area contributed by atoms with Gasteiger partial charge in [0.05, 0.1) is 4.90 Å². The van der Waals surface area contributed by atoms with E-state index in [2.05, 4.69) is 17.6 Å². The summed E-state index contributed by atoms with van der Waals surface area (Å²) in [4.78, 5) is 12.3. The van der Waals surface area contributed by atoms with E-state index < -0.39 is 15.9 Å². The van der Waals surface area contributed by atoms with Gasteiger partial charge in [-0.2, -0.15) is 5.26 Å². The van der Waals surface area contributed by atoms with E-state index >= 15 is 0 Å². The van der Waals surface area contributed by atoms with Crippen LogP contribution in [0.3, 0.4) is 0 Å². The quantitative estimate of drug-likeness (QED) is 0.431. The van der Waals surface area contributed by atoms with Crippen molar-refractivity contribution in [3.05, 3.63) is 71.4 Å². The SMILES string of the molecule is CCCCc1ccc(NC(=O)/C(C#N)=C\NCc2ccc(S(N)(=O)=O)cc2)cc1. The number of nitrogens with one attached hydrogen (secondary N) is 2. The summed E-state index contributed by atoms with van der Waals surface area (Å²) in [5.74, 6) is -0.508. The van der Waals surface area contributed by atoms with Crippen molar-refractivity contribution in [2.75, 3.05) is 5.32 Å². The fourth-order valence-corrected chi connectivity index (χ4v) is 3.07. The van der Waals surface area contributed by atoms with Crippen molar-refractivity contribution in [2.24, 2.45) is 5.14 Å². The Morgan fingerprint density at radius 1 is 1.10 bits per heavy atom. The normalized spacial score (nSPS) is 11.6. The van der Waals surface area contributed by atoms with Gasteiger partial charge >= 0.3 is 0 Å². The summed E-state index contributed by atoms with van der Waals surface area (Å²) in [6.45, 7) is 2.45. The molecule has 4 N–H and O–H groups in total. The minimum Gasteiger partial charge on any atom is -0.386 e. The zero-order valence-electron chi connectivity index (χ0n) is 16.2. The number of benzene rings is 2. The van der Waals surface area contributed by atoms with Crippen LogP contribution >= 0.6 is 0 Å². The van der Waals surface area contributed by atoms with Gasteiger partial charge in [0.1, 0.15) is 11.6 Å². The van der Waals surface area contributed by atoms with Crippen LogP contribution in [0.2, 0.25) is 0 Å². The average molecular weight is 413 g/mol. The lowest BCUT2D eigenvalue weighted by atomic mass is 10.1. The van der Waals surface area contributed by atoms with Crippen LogP contribution in [-0.2, 0) is 27.8 Å². The highest BCUT2D eigenvalue weighted by Gasteiger charge is 2.10. The molecule has 2 aromatic rings. The number of rotatable bonds is 9. The number of hydrogen-bond acceptors (Lipinski definition) is 5. The Balaban J connectivity index is 1.93. The molecule has 0 aliphatic heterocycles. The Kier molecular flexibility index (Phi) is 7.95. The van der Waals surface area contributed by atoms with E-state index in [-0.39, 0.29) is 10.5 Å². The molecule has 0 atom stereocenters. The third-order valence-electron chi connectivity index (χ3n) is 4.20. The van der Waals surface area contributed by atoms with Crippen LogP contribution in [0.15, 0.2) is 65.2 Å². The van der Waals surface area contributed by atoms with Gasteiger partial charge < -0.3 is 10.6 Å². The number of amides is 1. The van der Waals surface area contributed by atoms with E-state index in [1.54, 1.807) is 12.1 Å². The third-order valence-corrected chi connectivity index (χ3v) is 5.13. The lowest BCUT2D eigenvalue weighted by Gasteiger charge is -2.07. The fraction of sp³-hybridized carbons (Fsp3) is 0.238. The molecule has 0 aromatic heterocycles. The number of anilines is 1. The number of nitrogens with zero attached hydrogens (tertiary/aromatic N) is 1. The van der Waals surface area contributed by atoms with Gasteiger partial charge in [-0.1, -0.05) is 37.6 Å². The molecule has 0 aliphatic rings. The molecule has 0 unspecified atom stereocenters. The summed E-state index contributed by atoms with van der Waals surface area (Å²) in [5.41, 5.74) is 2.53. The first-order valence-electron chi connectivity index (χ1n) is 9.19. The topological polar surface area (TPSA) is 125 Å². The number of hydrogen-bond donors (Lipinski definition) is 3. The van der Waals surface area contributed by atoms with Crippen LogP contribution in [0.1, 0.15) is 30.9 Å². The lowest BCUT2D eigenvalue weighted by molar-refractivity contribution is -0.112. The Hall–Kier alpha value is -3.15. The standard InChI is InChI=1S/C21H24N4O3S/c1-2-3-4-16-5-9-19(10-6-16)25-21(26)18(13-22)15-24-14-17-7-11-20(12-8-17)29(23,27)28/h5-12,15,24H,2-4,14H2,1H3,(H,25,26)(H2,23,27,28)/b18-15-. The minimum atomic E-state index is -3.73. The number of carbonyl (C=O) groups excluding carboxylic acids is 1. The third kappa shape index (κ3) is 7.07. The van der Waals surface area contributed by atoms with Gasteiger partial charge in [0.15, 0.2) is 0 Å². The van der Waals surface area contributed by atoms with Crippen LogP contribution in [0, 0.1) is 11.3 Å². The number of nitrogens with two attached hydrogens (primary N) is 1. The van der Waals surface area contributed by atoms with E-state index in [1.165, 1.54) is 23.9 Å². The minimum absolute atomic E-state index is 0.0228. The molecule has 0 spiro atoms. The van der Waals surface area contributed by atoms with Crippen molar-refractivity contribution < 1.29 is 13.2 Å². The smallest absolute Gasteiger partial charge is 0.267 e. The molecule has 0 bridgehead atoms. The molecule has 29 heavy (non-hydrogen) atoms. The monoisotopic (exact) mass is 412 g/mol. The first-order valence-corrected chi connectivity index (χ1v) is 10.7. The van der Waals surface area contributed by atoms with Crippen molar-refractivity contribution in [3.8, 4) is 6.07 Å². The maximum Gasteiger partial charge on any atom is 0.267 e. The van der Waals surface area contributed by atoms with E-state index in [0.29, 0.717) is 12.2 Å². The maximum atomic E-state index is 12.3. The Bertz CT molecular complexity index is 1010. The Morgan fingerprint density at radius 3 is 2.28 bits per heavy atom. The molecular formula is C21H24N4O3S. The highest BCUT2D eigenvalue weighted by atomic mass is 32.2. The number of carbonyl (C=O) groups is 1. The van der Waals surface area contributed by atoms with Gasteiger partial charge in [-0.15, -0.1) is 0 Å². The number of primary sulfonamides is 1. The highest BCUT2D eigenvalue weighted by Crippen LogP contribution is 2.13. The molecule has 0 aliphatic carbocycles. The average Bonchev–Trinajstić information content (AvgIpc) is 2.70. The molecule has 0 saturated heterocycles. The Labute approximate surface area is 171 Å². The molecule has 7 nitrogen and oxygen atoms in total. The van der Waals surface area contributed by atoms with Crippen LogP contribution in [-0.4, -0.2) is 14.3 Å². The summed E-state index contributed by atoms with van der Waals surface area (Å²) in [6, 6.07) is 15.4. The summed E-state index contributed by atoms with van der Waals surface area (Å²) >= 11 is 0. The molecule has 0 heterocycles. The first kappa shape index (κ1) is 22.1. The number of aryl methyl sites for hydroxylation is 1. The van der Waals surface area contributed by atoms with Crippen molar-refractivity contribution in [2.45, 2.75) is 37.6 Å². The molecule has 0 saturated carbocycles. The van der Waals surface area contributed by atoms with Crippen molar-refractivity contribution in [3.63, 3.8) is 0 Å². The van der Waals surface area contributed by atoms with E-state index in [1.807, 2.05) is 30.3 Å². The number of nitriles is 1. The van der Waals surface area contributed by atoms with E-state index in [0.717, 1.165) is 24.8 Å². The second kappa shape index (κ2) is 10.4. The molecule has 0 radical (unpaired) electrons. The van der Waals surface area contributed by atoms with Crippen LogP contribution in [0.4, 0.5) is 5.69 Å². The molecule has 152 valence electrons. The van der Waals surface area contributed by atoms with Gasteiger partial charge in [-0.25, -0.2) is 13.6 Å². The van der Waals surface area contributed by atoms with Gasteiger partial charge in [0, 0.05) is 18.4 Å². The van der Waals surface area contributed by atoms with E-state index in [4.69, 9.17) is 5.14 Å². The summed E-state index contributed by atoms with van der Waals surface area (Å²) in [7, 11) is -3.73. The van der Waals surface area contributed by atoms with E-state index in [9.17, 15) is 18.5 Å². The molecular weight excluding hydrogens is 388 g/mol. The zero-order chi connectivity index (χ0) is 21.3. The fourth-order valence-electron chi connectivity index (χ4n) is 2.55. The molecule has 8 heteroatoms. The molecule has 1 amide bonds. The molecule has 0 fully saturated rings. The Morgan fingerprint density at radius 2 is 1.72 bits per heavy atom. The van der Waals surface area contributed by atoms with Gasteiger partial charge in [-0.3, -0.25) is 4.79 Å². The van der Waals surface area contributed by atoms with Crippen LogP contribution in [0.25, 0.3) is 0 Å². The lowest BCUT2D eigenvalue weighted by Crippen LogP contribution is -2.16. The maximum absolute atomic E-state index is 12.3.